The molecular formula is C15H14F3N3. The second kappa shape index (κ2) is 5.11. The molecular weight excluding hydrogens is 279 g/mol. The average Bonchev–Trinajstić information content (AvgIpc) is 2.87. The Morgan fingerprint density at radius 2 is 1.90 bits per heavy atom. The van der Waals surface area contributed by atoms with Gasteiger partial charge in [-0.1, -0.05) is 24.3 Å². The standard InChI is InChI=1S/C15H14F3N3/c1-9-4-2-3-5-10(9)6-13-20-12-8-19-7-11(12)14(21-13)15(16,17)18/h2-5,19H,6-8H2,1H3. The van der Waals surface area contributed by atoms with Crippen LogP contribution in [0, 0.1) is 6.92 Å². The molecule has 1 aromatic heterocycles. The van der Waals surface area contributed by atoms with Gasteiger partial charge in [0.25, 0.3) is 0 Å². The van der Waals surface area contributed by atoms with Crippen molar-refractivity contribution in [3.8, 4) is 0 Å². The van der Waals surface area contributed by atoms with Crippen LogP contribution < -0.4 is 5.32 Å². The summed E-state index contributed by atoms with van der Waals surface area (Å²) in [6, 6.07) is 7.57. The quantitative estimate of drug-likeness (QED) is 0.925. The fraction of sp³-hybridized carbons (Fsp3) is 0.333. The minimum Gasteiger partial charge on any atom is -0.307 e. The number of benzene rings is 1. The molecule has 0 fully saturated rings. The minimum atomic E-state index is -4.44. The molecule has 2 heterocycles. The van der Waals surface area contributed by atoms with Crippen LogP contribution >= 0.6 is 0 Å². The van der Waals surface area contributed by atoms with Gasteiger partial charge in [-0.15, -0.1) is 0 Å². The van der Waals surface area contributed by atoms with Gasteiger partial charge in [-0.25, -0.2) is 9.97 Å². The SMILES string of the molecule is Cc1ccccc1Cc1nc2c(c(C(F)(F)F)n1)CNC2. The van der Waals surface area contributed by atoms with Gasteiger partial charge in [-0.3, -0.25) is 0 Å². The van der Waals surface area contributed by atoms with Gasteiger partial charge < -0.3 is 5.32 Å². The summed E-state index contributed by atoms with van der Waals surface area (Å²) in [5.74, 6) is 0.221. The third kappa shape index (κ3) is 2.76. The van der Waals surface area contributed by atoms with Crippen molar-refractivity contribution in [1.29, 1.82) is 0 Å². The van der Waals surface area contributed by atoms with Crippen LogP contribution in [0.4, 0.5) is 13.2 Å². The molecule has 2 aromatic rings. The smallest absolute Gasteiger partial charge is 0.307 e. The van der Waals surface area contributed by atoms with Crippen molar-refractivity contribution < 1.29 is 13.2 Å². The largest absolute Gasteiger partial charge is 0.433 e. The zero-order chi connectivity index (χ0) is 15.0. The van der Waals surface area contributed by atoms with E-state index in [9.17, 15) is 13.2 Å². The highest BCUT2D eigenvalue weighted by Gasteiger charge is 2.38. The van der Waals surface area contributed by atoms with Crippen molar-refractivity contribution >= 4 is 0 Å². The predicted octanol–water partition coefficient (Wildman–Crippen LogP) is 3.00. The van der Waals surface area contributed by atoms with E-state index in [0.717, 1.165) is 11.1 Å². The van der Waals surface area contributed by atoms with Crippen molar-refractivity contribution in [2.75, 3.05) is 0 Å². The summed E-state index contributed by atoms with van der Waals surface area (Å²) in [5, 5.41) is 2.90. The Morgan fingerprint density at radius 1 is 1.14 bits per heavy atom. The van der Waals surface area contributed by atoms with E-state index in [4.69, 9.17) is 0 Å². The lowest BCUT2D eigenvalue weighted by Crippen LogP contribution is -2.16. The summed E-state index contributed by atoms with van der Waals surface area (Å²) in [6.45, 7) is 2.46. The first-order chi connectivity index (χ1) is 9.95. The van der Waals surface area contributed by atoms with E-state index in [-0.39, 0.29) is 17.9 Å². The van der Waals surface area contributed by atoms with Crippen molar-refractivity contribution in [1.82, 2.24) is 15.3 Å². The van der Waals surface area contributed by atoms with Crippen LogP contribution in [-0.4, -0.2) is 9.97 Å². The van der Waals surface area contributed by atoms with Crippen LogP contribution in [0.2, 0.25) is 0 Å². The molecule has 0 unspecified atom stereocenters. The van der Waals surface area contributed by atoms with Crippen molar-refractivity contribution in [3.05, 3.63) is 58.2 Å². The maximum absolute atomic E-state index is 13.1. The molecule has 0 aliphatic carbocycles. The van der Waals surface area contributed by atoms with Gasteiger partial charge >= 0.3 is 6.18 Å². The van der Waals surface area contributed by atoms with E-state index in [1.807, 2.05) is 31.2 Å². The monoisotopic (exact) mass is 293 g/mol. The van der Waals surface area contributed by atoms with E-state index in [0.29, 0.717) is 18.7 Å². The van der Waals surface area contributed by atoms with Gasteiger partial charge in [0.05, 0.1) is 5.69 Å². The van der Waals surface area contributed by atoms with Crippen LogP contribution in [0.3, 0.4) is 0 Å². The maximum Gasteiger partial charge on any atom is 0.433 e. The zero-order valence-electron chi connectivity index (χ0n) is 11.5. The highest BCUT2D eigenvalue weighted by molar-refractivity contribution is 5.33. The van der Waals surface area contributed by atoms with Gasteiger partial charge in [0.2, 0.25) is 0 Å². The highest BCUT2D eigenvalue weighted by atomic mass is 19.4. The first-order valence-electron chi connectivity index (χ1n) is 6.66. The fourth-order valence-corrected chi connectivity index (χ4v) is 2.51. The summed E-state index contributed by atoms with van der Waals surface area (Å²) < 4.78 is 39.4. The number of hydrogen-bond donors (Lipinski definition) is 1. The Hall–Kier alpha value is -1.95. The lowest BCUT2D eigenvalue weighted by atomic mass is 10.1. The van der Waals surface area contributed by atoms with E-state index in [2.05, 4.69) is 15.3 Å². The van der Waals surface area contributed by atoms with E-state index < -0.39 is 11.9 Å². The molecule has 110 valence electrons. The third-order valence-electron chi connectivity index (χ3n) is 3.61. The van der Waals surface area contributed by atoms with Gasteiger partial charge in [0.1, 0.15) is 5.82 Å². The first kappa shape index (κ1) is 14.0. The second-order valence-electron chi connectivity index (χ2n) is 5.12. The zero-order valence-corrected chi connectivity index (χ0v) is 11.5. The molecule has 0 bridgehead atoms. The van der Waals surface area contributed by atoms with Gasteiger partial charge in [0, 0.05) is 25.1 Å². The topological polar surface area (TPSA) is 37.8 Å². The summed E-state index contributed by atoms with van der Waals surface area (Å²) in [6.07, 6.45) is -4.14. The molecule has 1 aliphatic heterocycles. The normalized spacial score (nSPS) is 14.3. The van der Waals surface area contributed by atoms with Crippen molar-refractivity contribution in [2.24, 2.45) is 0 Å². The lowest BCUT2D eigenvalue weighted by molar-refractivity contribution is -0.142. The molecule has 0 radical (unpaired) electrons. The molecule has 0 saturated heterocycles. The number of alkyl halides is 3. The third-order valence-corrected chi connectivity index (χ3v) is 3.61. The van der Waals surface area contributed by atoms with Gasteiger partial charge in [0.15, 0.2) is 5.69 Å². The number of fused-ring (bicyclic) bond motifs is 1. The Labute approximate surface area is 120 Å². The Kier molecular flexibility index (Phi) is 3.41. The van der Waals surface area contributed by atoms with E-state index >= 15 is 0 Å². The molecule has 1 aliphatic rings. The minimum absolute atomic E-state index is 0.175. The van der Waals surface area contributed by atoms with Crippen molar-refractivity contribution in [2.45, 2.75) is 32.6 Å². The number of rotatable bonds is 2. The number of aryl methyl sites for hydroxylation is 1. The van der Waals surface area contributed by atoms with Gasteiger partial charge in [-0.05, 0) is 18.1 Å². The van der Waals surface area contributed by atoms with Crippen LogP contribution in [0.5, 0.6) is 0 Å². The summed E-state index contributed by atoms with van der Waals surface area (Å²) in [7, 11) is 0. The molecule has 21 heavy (non-hydrogen) atoms. The maximum atomic E-state index is 13.1. The lowest BCUT2D eigenvalue weighted by Gasteiger charge is -2.12. The molecule has 6 heteroatoms. The molecule has 0 spiro atoms. The average molecular weight is 293 g/mol. The number of halogens is 3. The summed E-state index contributed by atoms with van der Waals surface area (Å²) in [4.78, 5) is 8.07. The molecule has 1 N–H and O–H groups in total. The van der Waals surface area contributed by atoms with Crippen LogP contribution in [0.25, 0.3) is 0 Å². The molecule has 0 amide bonds. The number of hydrogen-bond acceptors (Lipinski definition) is 3. The van der Waals surface area contributed by atoms with Crippen LogP contribution in [0.1, 0.15) is 33.9 Å². The van der Waals surface area contributed by atoms with Crippen LogP contribution in [-0.2, 0) is 25.7 Å². The number of aromatic nitrogens is 2. The highest BCUT2D eigenvalue weighted by Crippen LogP contribution is 2.33. The fourth-order valence-electron chi connectivity index (χ4n) is 2.51. The predicted molar refractivity (Wildman–Crippen MR) is 71.6 cm³/mol. The Balaban J connectivity index is 2.03. The first-order valence-corrected chi connectivity index (χ1v) is 6.66. The van der Waals surface area contributed by atoms with Gasteiger partial charge in [-0.2, -0.15) is 13.2 Å². The van der Waals surface area contributed by atoms with E-state index in [1.165, 1.54) is 0 Å². The second-order valence-corrected chi connectivity index (χ2v) is 5.12. The van der Waals surface area contributed by atoms with Crippen molar-refractivity contribution in [3.63, 3.8) is 0 Å². The molecule has 1 aromatic carbocycles. The summed E-state index contributed by atoms with van der Waals surface area (Å²) >= 11 is 0. The molecule has 3 rings (SSSR count). The summed E-state index contributed by atoms with van der Waals surface area (Å²) in [5.41, 5.74) is 1.79. The molecule has 3 nitrogen and oxygen atoms in total. The number of nitrogens with zero attached hydrogens (tertiary/aromatic N) is 2. The number of nitrogens with one attached hydrogen (secondary N) is 1. The van der Waals surface area contributed by atoms with E-state index in [1.54, 1.807) is 0 Å². The molecule has 0 saturated carbocycles. The Bertz CT molecular complexity index is 680. The molecule has 0 atom stereocenters. The van der Waals surface area contributed by atoms with Crippen LogP contribution in [0.15, 0.2) is 24.3 Å². The Morgan fingerprint density at radius 3 is 2.62 bits per heavy atom.